The van der Waals surface area contributed by atoms with Gasteiger partial charge in [-0.05, 0) is 13.3 Å². The SMILES string of the molecule is CCC1c2c(cc(C)oc2=O)OC(O)C1C. The van der Waals surface area contributed by atoms with E-state index < -0.39 is 6.29 Å². The van der Waals surface area contributed by atoms with E-state index in [9.17, 15) is 9.90 Å². The smallest absolute Gasteiger partial charge is 0.343 e. The quantitative estimate of drug-likeness (QED) is 0.790. The second-order valence-corrected chi connectivity index (χ2v) is 4.30. The van der Waals surface area contributed by atoms with Crippen molar-refractivity contribution >= 4 is 0 Å². The van der Waals surface area contributed by atoms with Gasteiger partial charge >= 0.3 is 5.63 Å². The third-order valence-electron chi connectivity index (χ3n) is 3.22. The van der Waals surface area contributed by atoms with Crippen LogP contribution in [0, 0.1) is 12.8 Å². The van der Waals surface area contributed by atoms with Crippen LogP contribution in [0.3, 0.4) is 0 Å². The first-order chi connectivity index (χ1) is 7.54. The average molecular weight is 224 g/mol. The Morgan fingerprint density at radius 1 is 1.50 bits per heavy atom. The molecule has 4 heteroatoms. The predicted octanol–water partition coefficient (Wildman–Crippen LogP) is 1.79. The number of hydrogen-bond donors (Lipinski definition) is 1. The Kier molecular flexibility index (Phi) is 2.76. The number of hydrogen-bond acceptors (Lipinski definition) is 4. The van der Waals surface area contributed by atoms with Gasteiger partial charge in [-0.2, -0.15) is 0 Å². The molecule has 0 amide bonds. The zero-order valence-corrected chi connectivity index (χ0v) is 9.69. The summed E-state index contributed by atoms with van der Waals surface area (Å²) in [6.45, 7) is 5.56. The van der Waals surface area contributed by atoms with Gasteiger partial charge in [0.2, 0.25) is 6.29 Å². The van der Waals surface area contributed by atoms with Crippen LogP contribution < -0.4 is 10.4 Å². The topological polar surface area (TPSA) is 59.7 Å². The van der Waals surface area contributed by atoms with Crippen LogP contribution >= 0.6 is 0 Å². The Bertz CT molecular complexity index is 449. The van der Waals surface area contributed by atoms with E-state index >= 15 is 0 Å². The van der Waals surface area contributed by atoms with Crippen LogP contribution in [0.2, 0.25) is 0 Å². The lowest BCUT2D eigenvalue weighted by atomic mass is 9.83. The van der Waals surface area contributed by atoms with Gasteiger partial charge in [0.05, 0.1) is 5.56 Å². The Hall–Kier alpha value is -1.29. The first-order valence-electron chi connectivity index (χ1n) is 5.54. The molecule has 4 nitrogen and oxygen atoms in total. The minimum Gasteiger partial charge on any atom is -0.464 e. The molecule has 88 valence electrons. The summed E-state index contributed by atoms with van der Waals surface area (Å²) in [6, 6.07) is 1.66. The fourth-order valence-corrected chi connectivity index (χ4v) is 2.30. The molecule has 3 atom stereocenters. The van der Waals surface area contributed by atoms with Crippen molar-refractivity contribution in [2.24, 2.45) is 5.92 Å². The summed E-state index contributed by atoms with van der Waals surface area (Å²) >= 11 is 0. The zero-order valence-electron chi connectivity index (χ0n) is 9.69. The van der Waals surface area contributed by atoms with E-state index in [0.717, 1.165) is 6.42 Å². The lowest BCUT2D eigenvalue weighted by molar-refractivity contribution is -0.0785. The molecule has 1 aromatic heterocycles. The van der Waals surface area contributed by atoms with Crippen LogP contribution in [0.25, 0.3) is 0 Å². The highest BCUT2D eigenvalue weighted by atomic mass is 16.6. The molecule has 0 aromatic carbocycles. The Morgan fingerprint density at radius 2 is 2.19 bits per heavy atom. The van der Waals surface area contributed by atoms with E-state index in [4.69, 9.17) is 9.15 Å². The number of ether oxygens (including phenoxy) is 1. The summed E-state index contributed by atoms with van der Waals surface area (Å²) in [4.78, 5) is 11.8. The van der Waals surface area contributed by atoms with Crippen LogP contribution in [0.4, 0.5) is 0 Å². The van der Waals surface area contributed by atoms with Crippen molar-refractivity contribution in [3.8, 4) is 5.75 Å². The normalized spacial score (nSPS) is 28.4. The summed E-state index contributed by atoms with van der Waals surface area (Å²) in [7, 11) is 0. The van der Waals surface area contributed by atoms with Crippen LogP contribution in [0.5, 0.6) is 5.75 Å². The number of aliphatic hydroxyl groups is 1. The van der Waals surface area contributed by atoms with E-state index in [2.05, 4.69) is 0 Å². The molecule has 2 rings (SSSR count). The number of fused-ring (bicyclic) bond motifs is 1. The fourth-order valence-electron chi connectivity index (χ4n) is 2.30. The van der Waals surface area contributed by atoms with Crippen molar-refractivity contribution in [1.82, 2.24) is 0 Å². The molecule has 0 aliphatic carbocycles. The summed E-state index contributed by atoms with van der Waals surface area (Å²) in [5.41, 5.74) is 0.214. The van der Waals surface area contributed by atoms with Crippen molar-refractivity contribution in [3.05, 3.63) is 27.8 Å². The molecule has 2 heterocycles. The molecule has 0 radical (unpaired) electrons. The summed E-state index contributed by atoms with van der Waals surface area (Å²) in [5, 5.41) is 9.75. The van der Waals surface area contributed by atoms with Crippen molar-refractivity contribution < 1.29 is 14.3 Å². The maximum atomic E-state index is 11.8. The minimum absolute atomic E-state index is 0.00407. The molecule has 16 heavy (non-hydrogen) atoms. The van der Waals surface area contributed by atoms with Gasteiger partial charge in [-0.3, -0.25) is 0 Å². The van der Waals surface area contributed by atoms with Crippen molar-refractivity contribution in [2.45, 2.75) is 39.4 Å². The fraction of sp³-hybridized carbons (Fsp3) is 0.583. The number of rotatable bonds is 1. The third-order valence-corrected chi connectivity index (χ3v) is 3.22. The third kappa shape index (κ3) is 1.63. The molecule has 1 N–H and O–H groups in total. The molecule has 1 aromatic rings. The second-order valence-electron chi connectivity index (χ2n) is 4.30. The van der Waals surface area contributed by atoms with Gasteiger partial charge < -0.3 is 14.3 Å². The maximum absolute atomic E-state index is 11.8. The Balaban J connectivity index is 2.60. The van der Waals surface area contributed by atoms with Gasteiger partial charge in [0.25, 0.3) is 0 Å². The predicted molar refractivity (Wildman–Crippen MR) is 58.5 cm³/mol. The van der Waals surface area contributed by atoms with Crippen LogP contribution in [0.1, 0.15) is 37.5 Å². The lowest BCUT2D eigenvalue weighted by Gasteiger charge is -2.33. The average Bonchev–Trinajstić information content (AvgIpc) is 2.20. The molecule has 0 saturated carbocycles. The van der Waals surface area contributed by atoms with Gasteiger partial charge in [0.1, 0.15) is 11.5 Å². The molecular weight excluding hydrogens is 208 g/mol. The van der Waals surface area contributed by atoms with Gasteiger partial charge in [-0.1, -0.05) is 13.8 Å². The number of aliphatic hydroxyl groups excluding tert-OH is 1. The highest BCUT2D eigenvalue weighted by molar-refractivity contribution is 5.36. The monoisotopic (exact) mass is 224 g/mol. The molecule has 0 fully saturated rings. The number of aryl methyl sites for hydroxylation is 1. The maximum Gasteiger partial charge on any atom is 0.343 e. The molecule has 3 unspecified atom stereocenters. The Morgan fingerprint density at radius 3 is 2.81 bits per heavy atom. The van der Waals surface area contributed by atoms with Crippen molar-refractivity contribution in [3.63, 3.8) is 0 Å². The lowest BCUT2D eigenvalue weighted by Crippen LogP contribution is -2.36. The van der Waals surface area contributed by atoms with E-state index in [-0.39, 0.29) is 17.5 Å². The van der Waals surface area contributed by atoms with Crippen LogP contribution in [0.15, 0.2) is 15.3 Å². The molecule has 0 saturated heterocycles. The van der Waals surface area contributed by atoms with Crippen LogP contribution in [-0.4, -0.2) is 11.4 Å². The van der Waals surface area contributed by atoms with Gasteiger partial charge in [0, 0.05) is 17.9 Å². The van der Waals surface area contributed by atoms with Crippen molar-refractivity contribution in [1.29, 1.82) is 0 Å². The standard InChI is InChI=1S/C12H16O4/c1-4-8-7(3)11(13)16-9-5-6(2)15-12(14)10(8)9/h5,7-8,11,13H,4H2,1-3H3. The second kappa shape index (κ2) is 3.94. The van der Waals surface area contributed by atoms with E-state index in [1.165, 1.54) is 0 Å². The largest absolute Gasteiger partial charge is 0.464 e. The summed E-state index contributed by atoms with van der Waals surface area (Å²) in [6.07, 6.45) is -0.0683. The van der Waals surface area contributed by atoms with E-state index in [1.807, 2.05) is 13.8 Å². The molecule has 1 aliphatic rings. The van der Waals surface area contributed by atoms with Gasteiger partial charge in [-0.25, -0.2) is 4.79 Å². The van der Waals surface area contributed by atoms with Crippen LogP contribution in [-0.2, 0) is 0 Å². The first-order valence-corrected chi connectivity index (χ1v) is 5.54. The first kappa shape index (κ1) is 11.2. The minimum atomic E-state index is -0.848. The molecule has 1 aliphatic heterocycles. The summed E-state index contributed by atoms with van der Waals surface area (Å²) in [5.74, 6) is 0.866. The van der Waals surface area contributed by atoms with Gasteiger partial charge in [-0.15, -0.1) is 0 Å². The Labute approximate surface area is 93.9 Å². The highest BCUT2D eigenvalue weighted by Crippen LogP contribution is 2.39. The molecule has 0 spiro atoms. The zero-order chi connectivity index (χ0) is 11.9. The highest BCUT2D eigenvalue weighted by Gasteiger charge is 2.36. The van der Waals surface area contributed by atoms with E-state index in [0.29, 0.717) is 17.1 Å². The van der Waals surface area contributed by atoms with Gasteiger partial charge in [0.15, 0.2) is 0 Å². The van der Waals surface area contributed by atoms with Crippen molar-refractivity contribution in [2.75, 3.05) is 0 Å². The van der Waals surface area contributed by atoms with E-state index in [1.54, 1.807) is 13.0 Å². The molecule has 0 bridgehead atoms. The summed E-state index contributed by atoms with van der Waals surface area (Å²) < 4.78 is 10.4. The molecular formula is C12H16O4.